The van der Waals surface area contributed by atoms with Gasteiger partial charge in [0.25, 0.3) is 0 Å². The van der Waals surface area contributed by atoms with Crippen molar-refractivity contribution in [1.82, 2.24) is 15.0 Å². The van der Waals surface area contributed by atoms with Gasteiger partial charge in [0, 0.05) is 46.0 Å². The van der Waals surface area contributed by atoms with Crippen molar-refractivity contribution >= 4 is 43.4 Å². The predicted octanol–water partition coefficient (Wildman–Crippen LogP) is 5.44. The number of nitrogens with one attached hydrogen (secondary N) is 2. The fourth-order valence-electron chi connectivity index (χ4n) is 4.09. The second-order valence-corrected chi connectivity index (χ2v) is 10.1. The van der Waals surface area contributed by atoms with Crippen LogP contribution in [0.3, 0.4) is 0 Å². The molecule has 36 heavy (non-hydrogen) atoms. The van der Waals surface area contributed by atoms with Crippen molar-refractivity contribution in [3.63, 3.8) is 0 Å². The number of ketones is 1. The first kappa shape index (κ1) is 23.6. The largest absolute Gasteiger partial charge is 0.339 e. The standard InChI is InChI=1S/C26H20F2N4O3S/c1-2-11-36(34,35)32-22-6-4-20(27)23(24(22)28)25(33)16-3-5-21-18(12-16)19-13-17(14-30-26(19)31-21)15-7-9-29-10-8-15/h3-10,12-14,32H,2,11H2,1H3,(H,30,31). The number of carbonyl (C=O) groups excluding carboxylic acids is 1. The van der Waals surface area contributed by atoms with Crippen molar-refractivity contribution in [3.8, 4) is 11.1 Å². The zero-order valence-corrected chi connectivity index (χ0v) is 19.9. The minimum atomic E-state index is -3.84. The first-order valence-electron chi connectivity index (χ1n) is 11.1. The van der Waals surface area contributed by atoms with Crippen LogP contribution in [0, 0.1) is 11.6 Å². The van der Waals surface area contributed by atoms with Gasteiger partial charge in [-0.05, 0) is 60.5 Å². The predicted molar refractivity (Wildman–Crippen MR) is 134 cm³/mol. The smallest absolute Gasteiger partial charge is 0.232 e. The van der Waals surface area contributed by atoms with Gasteiger partial charge >= 0.3 is 0 Å². The van der Waals surface area contributed by atoms with E-state index in [1.54, 1.807) is 37.6 Å². The van der Waals surface area contributed by atoms with Gasteiger partial charge in [0.05, 0.1) is 17.0 Å². The lowest BCUT2D eigenvalue weighted by molar-refractivity contribution is 0.103. The molecular weight excluding hydrogens is 486 g/mol. The molecule has 0 aliphatic carbocycles. The van der Waals surface area contributed by atoms with E-state index in [9.17, 15) is 17.6 Å². The number of halogens is 2. The summed E-state index contributed by atoms with van der Waals surface area (Å²) in [5.41, 5.74) is 1.78. The first-order chi connectivity index (χ1) is 17.3. The van der Waals surface area contributed by atoms with E-state index in [-0.39, 0.29) is 11.3 Å². The van der Waals surface area contributed by atoms with Crippen LogP contribution in [-0.4, -0.2) is 34.9 Å². The zero-order valence-electron chi connectivity index (χ0n) is 19.0. The Hall–Kier alpha value is -4.18. The molecule has 7 nitrogen and oxygen atoms in total. The number of rotatable bonds is 7. The number of nitrogens with zero attached hydrogens (tertiary/aromatic N) is 2. The summed E-state index contributed by atoms with van der Waals surface area (Å²) in [4.78, 5) is 24.9. The summed E-state index contributed by atoms with van der Waals surface area (Å²) in [7, 11) is -3.84. The van der Waals surface area contributed by atoms with E-state index in [1.807, 2.05) is 18.2 Å². The summed E-state index contributed by atoms with van der Waals surface area (Å²) in [6, 6.07) is 12.1. The third-order valence-corrected chi connectivity index (χ3v) is 7.26. The van der Waals surface area contributed by atoms with Crippen LogP contribution in [0.1, 0.15) is 29.3 Å². The molecule has 182 valence electrons. The molecule has 0 saturated heterocycles. The summed E-state index contributed by atoms with van der Waals surface area (Å²) in [6.07, 6.45) is 5.37. The van der Waals surface area contributed by atoms with E-state index in [0.29, 0.717) is 23.0 Å². The van der Waals surface area contributed by atoms with Gasteiger partial charge in [-0.1, -0.05) is 6.92 Å². The lowest BCUT2D eigenvalue weighted by Gasteiger charge is -2.11. The molecule has 5 rings (SSSR count). The monoisotopic (exact) mass is 506 g/mol. The van der Waals surface area contributed by atoms with Gasteiger partial charge in [-0.25, -0.2) is 22.2 Å². The number of H-pyrrole nitrogens is 1. The number of fused-ring (bicyclic) bond motifs is 3. The molecule has 0 saturated carbocycles. The second kappa shape index (κ2) is 9.12. The Balaban J connectivity index is 1.58. The molecule has 3 aromatic heterocycles. The van der Waals surface area contributed by atoms with E-state index < -0.39 is 38.7 Å². The minimum Gasteiger partial charge on any atom is -0.339 e. The number of pyridine rings is 2. The summed E-state index contributed by atoms with van der Waals surface area (Å²) in [5, 5.41) is 1.39. The number of sulfonamides is 1. The molecule has 0 fully saturated rings. The van der Waals surface area contributed by atoms with Gasteiger partial charge < -0.3 is 4.98 Å². The van der Waals surface area contributed by atoms with E-state index in [1.165, 1.54) is 6.07 Å². The fourth-order valence-corrected chi connectivity index (χ4v) is 5.22. The lowest BCUT2D eigenvalue weighted by Crippen LogP contribution is -2.18. The molecule has 0 spiro atoms. The molecule has 10 heteroatoms. The molecule has 0 bridgehead atoms. The van der Waals surface area contributed by atoms with Gasteiger partial charge in [0.2, 0.25) is 10.0 Å². The Kier molecular flexibility index (Phi) is 5.97. The van der Waals surface area contributed by atoms with E-state index in [2.05, 4.69) is 19.7 Å². The Morgan fingerprint density at radius 1 is 1.00 bits per heavy atom. The zero-order chi connectivity index (χ0) is 25.4. The van der Waals surface area contributed by atoms with Crippen LogP contribution in [0.4, 0.5) is 14.5 Å². The van der Waals surface area contributed by atoms with Crippen molar-refractivity contribution < 1.29 is 22.0 Å². The van der Waals surface area contributed by atoms with E-state index in [0.717, 1.165) is 28.6 Å². The van der Waals surface area contributed by atoms with Crippen LogP contribution < -0.4 is 4.72 Å². The van der Waals surface area contributed by atoms with Crippen molar-refractivity contribution in [3.05, 3.63) is 89.9 Å². The molecule has 0 aliphatic rings. The number of aromatic amines is 1. The number of hydrogen-bond acceptors (Lipinski definition) is 5. The van der Waals surface area contributed by atoms with E-state index in [4.69, 9.17) is 0 Å². The first-order valence-corrected chi connectivity index (χ1v) is 12.8. The molecule has 0 amide bonds. The van der Waals surface area contributed by atoms with Gasteiger partial charge in [-0.3, -0.25) is 14.5 Å². The van der Waals surface area contributed by atoms with Crippen molar-refractivity contribution in [2.24, 2.45) is 0 Å². The quantitative estimate of drug-likeness (QED) is 0.286. The number of anilines is 1. The number of hydrogen-bond donors (Lipinski definition) is 2. The van der Waals surface area contributed by atoms with Crippen molar-refractivity contribution in [2.75, 3.05) is 10.5 Å². The van der Waals surface area contributed by atoms with Crippen LogP contribution in [0.25, 0.3) is 33.1 Å². The maximum Gasteiger partial charge on any atom is 0.232 e. The maximum absolute atomic E-state index is 15.2. The number of benzene rings is 2. The molecule has 0 unspecified atom stereocenters. The average molecular weight is 507 g/mol. The summed E-state index contributed by atoms with van der Waals surface area (Å²) in [5.74, 6) is -3.49. The molecule has 0 atom stereocenters. The molecular formula is C26H20F2N4O3S. The maximum atomic E-state index is 15.2. The summed E-state index contributed by atoms with van der Waals surface area (Å²) >= 11 is 0. The van der Waals surface area contributed by atoms with Crippen LogP contribution in [0.2, 0.25) is 0 Å². The topological polar surface area (TPSA) is 105 Å². The Morgan fingerprint density at radius 3 is 2.53 bits per heavy atom. The highest BCUT2D eigenvalue weighted by Gasteiger charge is 2.24. The number of aromatic nitrogens is 3. The molecule has 2 aromatic carbocycles. The molecule has 5 aromatic rings. The van der Waals surface area contributed by atoms with Crippen molar-refractivity contribution in [2.45, 2.75) is 13.3 Å². The van der Waals surface area contributed by atoms with Gasteiger partial charge in [-0.2, -0.15) is 0 Å². The van der Waals surface area contributed by atoms with Gasteiger partial charge in [0.15, 0.2) is 11.6 Å². The molecule has 0 radical (unpaired) electrons. The van der Waals surface area contributed by atoms with Crippen LogP contribution in [-0.2, 0) is 10.0 Å². The van der Waals surface area contributed by atoms with Crippen LogP contribution >= 0.6 is 0 Å². The minimum absolute atomic E-state index is 0.0454. The number of carbonyl (C=O) groups is 1. The highest BCUT2D eigenvalue weighted by atomic mass is 32.2. The molecule has 0 aliphatic heterocycles. The van der Waals surface area contributed by atoms with E-state index >= 15 is 4.39 Å². The highest BCUT2D eigenvalue weighted by Crippen LogP contribution is 2.31. The highest BCUT2D eigenvalue weighted by molar-refractivity contribution is 7.92. The summed E-state index contributed by atoms with van der Waals surface area (Å²) < 4.78 is 56.1. The van der Waals surface area contributed by atoms with Crippen molar-refractivity contribution in [1.29, 1.82) is 0 Å². The second-order valence-electron chi connectivity index (χ2n) is 8.28. The third kappa shape index (κ3) is 4.31. The normalized spacial score (nSPS) is 11.8. The summed E-state index contributed by atoms with van der Waals surface area (Å²) in [6.45, 7) is 1.66. The van der Waals surface area contributed by atoms with Crippen LogP contribution in [0.5, 0.6) is 0 Å². The van der Waals surface area contributed by atoms with Gasteiger partial charge in [0.1, 0.15) is 11.5 Å². The molecule has 2 N–H and O–H groups in total. The average Bonchev–Trinajstić information content (AvgIpc) is 3.23. The Morgan fingerprint density at radius 2 is 1.78 bits per heavy atom. The Labute approximate surface area is 205 Å². The Bertz CT molecular complexity index is 1740. The van der Waals surface area contributed by atoms with Gasteiger partial charge in [-0.15, -0.1) is 0 Å². The lowest BCUT2D eigenvalue weighted by atomic mass is 9.99. The molecule has 3 heterocycles. The van der Waals surface area contributed by atoms with Crippen LogP contribution in [0.15, 0.2) is 67.1 Å². The SMILES string of the molecule is CCCS(=O)(=O)Nc1ccc(F)c(C(=O)c2ccc3[nH]c4ncc(-c5ccncc5)cc4c3c2)c1F. The third-order valence-electron chi connectivity index (χ3n) is 5.78. The fraction of sp³-hybridized carbons (Fsp3) is 0.115.